The highest BCUT2D eigenvalue weighted by Gasteiger charge is 2.11. The SMILES string of the molecule is CCC(C)NC(=NCc1ccccc1-n1nc(C)cc1C)NCC(=O)N(C)C.I. The highest BCUT2D eigenvalue weighted by atomic mass is 127. The number of likely N-dealkylation sites (N-methyl/N-ethyl adjacent to an activating group) is 1. The molecule has 1 heterocycles. The molecule has 0 aliphatic heterocycles. The number of carbonyl (C=O) groups is 1. The average Bonchev–Trinajstić information content (AvgIpc) is 3.01. The summed E-state index contributed by atoms with van der Waals surface area (Å²) >= 11 is 0. The first-order valence-corrected chi connectivity index (χ1v) is 9.68. The summed E-state index contributed by atoms with van der Waals surface area (Å²) in [6, 6.07) is 10.4. The number of benzene rings is 1. The van der Waals surface area contributed by atoms with E-state index in [9.17, 15) is 4.79 Å². The molecule has 0 aliphatic carbocycles. The third-order valence-electron chi connectivity index (χ3n) is 4.54. The van der Waals surface area contributed by atoms with E-state index in [1.165, 1.54) is 0 Å². The van der Waals surface area contributed by atoms with Crippen LogP contribution < -0.4 is 10.6 Å². The molecule has 8 heteroatoms. The van der Waals surface area contributed by atoms with Crippen LogP contribution >= 0.6 is 24.0 Å². The van der Waals surface area contributed by atoms with Crippen molar-refractivity contribution in [3.05, 3.63) is 47.3 Å². The van der Waals surface area contributed by atoms with E-state index in [4.69, 9.17) is 4.99 Å². The second-order valence-corrected chi connectivity index (χ2v) is 7.23. The largest absolute Gasteiger partial charge is 0.354 e. The van der Waals surface area contributed by atoms with Gasteiger partial charge in [0.05, 0.1) is 24.5 Å². The second kappa shape index (κ2) is 11.8. The summed E-state index contributed by atoms with van der Waals surface area (Å²) < 4.78 is 1.95. The number of halogens is 1. The van der Waals surface area contributed by atoms with Crippen LogP contribution in [0, 0.1) is 13.8 Å². The highest BCUT2D eigenvalue weighted by Crippen LogP contribution is 2.17. The Bertz CT molecular complexity index is 830. The Balaban J connectivity index is 0.00000420. The Labute approximate surface area is 191 Å². The molecule has 2 N–H and O–H groups in total. The minimum absolute atomic E-state index is 0. The molecular formula is C21H33IN6O. The van der Waals surface area contributed by atoms with E-state index in [1.54, 1.807) is 19.0 Å². The molecule has 2 rings (SSSR count). The van der Waals surface area contributed by atoms with E-state index in [2.05, 4.69) is 47.8 Å². The fourth-order valence-electron chi connectivity index (χ4n) is 2.69. The monoisotopic (exact) mass is 512 g/mol. The van der Waals surface area contributed by atoms with Crippen molar-refractivity contribution in [3.8, 4) is 5.69 Å². The van der Waals surface area contributed by atoms with E-state index in [1.807, 2.05) is 30.7 Å². The number of hydrogen-bond donors (Lipinski definition) is 2. The Kier molecular flexibility index (Phi) is 10.1. The maximum absolute atomic E-state index is 11.9. The maximum atomic E-state index is 11.9. The van der Waals surface area contributed by atoms with Crippen LogP contribution in [-0.2, 0) is 11.3 Å². The number of rotatable bonds is 7. The molecule has 1 amide bonds. The Hall–Kier alpha value is -2.10. The van der Waals surface area contributed by atoms with Gasteiger partial charge in [-0.15, -0.1) is 24.0 Å². The Morgan fingerprint density at radius 2 is 1.97 bits per heavy atom. The van der Waals surface area contributed by atoms with E-state index < -0.39 is 0 Å². The van der Waals surface area contributed by atoms with Crippen molar-refractivity contribution in [1.82, 2.24) is 25.3 Å². The zero-order valence-electron chi connectivity index (χ0n) is 18.2. The molecule has 1 aromatic carbocycles. The summed E-state index contributed by atoms with van der Waals surface area (Å²) in [6.45, 7) is 8.92. The van der Waals surface area contributed by atoms with Crippen LogP contribution in [0.2, 0.25) is 0 Å². The van der Waals surface area contributed by atoms with Crippen LogP contribution in [0.15, 0.2) is 35.3 Å². The molecule has 7 nitrogen and oxygen atoms in total. The summed E-state index contributed by atoms with van der Waals surface area (Å²) in [4.78, 5) is 18.2. The lowest BCUT2D eigenvalue weighted by molar-refractivity contribution is -0.127. The number of aryl methyl sites for hydroxylation is 2. The molecule has 0 radical (unpaired) electrons. The summed E-state index contributed by atoms with van der Waals surface area (Å²) in [5.74, 6) is 0.634. The van der Waals surface area contributed by atoms with Crippen molar-refractivity contribution in [3.63, 3.8) is 0 Å². The van der Waals surface area contributed by atoms with Gasteiger partial charge < -0.3 is 15.5 Å². The van der Waals surface area contributed by atoms with Gasteiger partial charge in [0.2, 0.25) is 5.91 Å². The zero-order chi connectivity index (χ0) is 20.7. The quantitative estimate of drug-likeness (QED) is 0.340. The van der Waals surface area contributed by atoms with Gasteiger partial charge in [-0.3, -0.25) is 4.79 Å². The number of para-hydroxylation sites is 1. The molecule has 0 fully saturated rings. The van der Waals surface area contributed by atoms with Crippen LogP contribution in [0.1, 0.15) is 37.2 Å². The number of aliphatic imine (C=N–C) groups is 1. The zero-order valence-corrected chi connectivity index (χ0v) is 20.5. The predicted molar refractivity (Wildman–Crippen MR) is 129 cm³/mol. The lowest BCUT2D eigenvalue weighted by atomic mass is 10.2. The van der Waals surface area contributed by atoms with Gasteiger partial charge in [-0.2, -0.15) is 5.10 Å². The first-order valence-electron chi connectivity index (χ1n) is 9.68. The summed E-state index contributed by atoms with van der Waals surface area (Å²) in [5, 5.41) is 11.1. The summed E-state index contributed by atoms with van der Waals surface area (Å²) in [6.07, 6.45) is 0.963. The van der Waals surface area contributed by atoms with Crippen LogP contribution in [0.3, 0.4) is 0 Å². The minimum Gasteiger partial charge on any atom is -0.354 e. The third-order valence-corrected chi connectivity index (χ3v) is 4.54. The fraction of sp³-hybridized carbons (Fsp3) is 0.476. The smallest absolute Gasteiger partial charge is 0.241 e. The number of carbonyl (C=O) groups excluding carboxylic acids is 1. The molecule has 29 heavy (non-hydrogen) atoms. The van der Waals surface area contributed by atoms with E-state index in [-0.39, 0.29) is 42.5 Å². The van der Waals surface area contributed by atoms with Crippen LogP contribution in [0.5, 0.6) is 0 Å². The van der Waals surface area contributed by atoms with Gasteiger partial charge in [-0.25, -0.2) is 9.67 Å². The van der Waals surface area contributed by atoms with E-state index >= 15 is 0 Å². The molecule has 0 aliphatic rings. The van der Waals surface area contributed by atoms with Crippen molar-refractivity contribution in [2.45, 2.75) is 46.7 Å². The van der Waals surface area contributed by atoms with Gasteiger partial charge in [0.25, 0.3) is 0 Å². The van der Waals surface area contributed by atoms with Gasteiger partial charge in [0.15, 0.2) is 5.96 Å². The predicted octanol–water partition coefficient (Wildman–Crippen LogP) is 3.03. The highest BCUT2D eigenvalue weighted by molar-refractivity contribution is 14.0. The normalized spacial score (nSPS) is 12.1. The number of amides is 1. The standard InChI is InChI=1S/C21H32N6O.HI/c1-7-15(2)24-21(23-14-20(28)26(5)6)22-13-18-10-8-9-11-19(18)27-17(4)12-16(3)25-27;/h8-12,15H,7,13-14H2,1-6H3,(H2,22,23,24);1H. The van der Waals surface area contributed by atoms with Crippen LogP contribution in [-0.4, -0.2) is 53.2 Å². The van der Waals surface area contributed by atoms with E-state index in [0.29, 0.717) is 12.5 Å². The van der Waals surface area contributed by atoms with Crippen molar-refractivity contribution >= 4 is 35.8 Å². The molecule has 1 unspecified atom stereocenters. The number of aromatic nitrogens is 2. The third kappa shape index (κ3) is 7.34. The topological polar surface area (TPSA) is 74.5 Å². The lowest BCUT2D eigenvalue weighted by Gasteiger charge is -2.18. The number of nitrogens with one attached hydrogen (secondary N) is 2. The Morgan fingerprint density at radius 3 is 2.55 bits per heavy atom. The minimum atomic E-state index is 0. The molecule has 0 spiro atoms. The summed E-state index contributed by atoms with van der Waals surface area (Å²) in [7, 11) is 3.49. The lowest BCUT2D eigenvalue weighted by Crippen LogP contribution is -2.45. The van der Waals surface area contributed by atoms with Crippen LogP contribution in [0.4, 0.5) is 0 Å². The van der Waals surface area contributed by atoms with E-state index in [0.717, 1.165) is 29.1 Å². The molecule has 1 atom stereocenters. The van der Waals surface area contributed by atoms with Gasteiger partial charge in [-0.1, -0.05) is 25.1 Å². The van der Waals surface area contributed by atoms with Crippen molar-refractivity contribution < 1.29 is 4.79 Å². The van der Waals surface area contributed by atoms with Crippen LogP contribution in [0.25, 0.3) is 5.69 Å². The summed E-state index contributed by atoms with van der Waals surface area (Å²) in [5.41, 5.74) is 4.15. The molecular weight excluding hydrogens is 479 g/mol. The number of guanidine groups is 1. The molecule has 0 bridgehead atoms. The molecule has 2 aromatic rings. The van der Waals surface area contributed by atoms with Gasteiger partial charge in [0, 0.05) is 25.8 Å². The maximum Gasteiger partial charge on any atom is 0.241 e. The molecule has 0 saturated heterocycles. The van der Waals surface area contributed by atoms with Crippen molar-refractivity contribution in [2.75, 3.05) is 20.6 Å². The molecule has 0 saturated carbocycles. The van der Waals surface area contributed by atoms with Crippen molar-refractivity contribution in [1.29, 1.82) is 0 Å². The molecule has 160 valence electrons. The van der Waals surface area contributed by atoms with Gasteiger partial charge in [-0.05, 0) is 44.9 Å². The first kappa shape index (κ1) is 24.9. The van der Waals surface area contributed by atoms with Gasteiger partial charge >= 0.3 is 0 Å². The number of hydrogen-bond acceptors (Lipinski definition) is 3. The average molecular weight is 512 g/mol. The first-order chi connectivity index (χ1) is 13.3. The second-order valence-electron chi connectivity index (χ2n) is 7.23. The Morgan fingerprint density at radius 1 is 1.28 bits per heavy atom. The van der Waals surface area contributed by atoms with Crippen molar-refractivity contribution in [2.24, 2.45) is 4.99 Å². The van der Waals surface area contributed by atoms with Gasteiger partial charge in [0.1, 0.15) is 0 Å². The molecule has 1 aromatic heterocycles. The number of nitrogens with zero attached hydrogens (tertiary/aromatic N) is 4. The fourth-order valence-corrected chi connectivity index (χ4v) is 2.69.